The van der Waals surface area contributed by atoms with Crippen LogP contribution in [0.5, 0.6) is 0 Å². The molecule has 0 aliphatic carbocycles. The largest absolute Gasteiger partial charge is 0.332 e. The molecule has 0 bridgehead atoms. The third kappa shape index (κ3) is 3.39. The second kappa shape index (κ2) is 7.59. The number of imidazole rings is 1. The van der Waals surface area contributed by atoms with Crippen LogP contribution < -0.4 is 0 Å². The summed E-state index contributed by atoms with van der Waals surface area (Å²) in [5, 5.41) is 4.30. The highest BCUT2D eigenvalue weighted by molar-refractivity contribution is 5.92. The van der Waals surface area contributed by atoms with Gasteiger partial charge in [0, 0.05) is 51.1 Å². The van der Waals surface area contributed by atoms with Gasteiger partial charge in [-0.05, 0) is 28.8 Å². The molecule has 0 fully saturated rings. The minimum Gasteiger partial charge on any atom is -0.332 e. The molecule has 1 unspecified atom stereocenters. The molecule has 1 atom stereocenters. The van der Waals surface area contributed by atoms with E-state index in [1.807, 2.05) is 42.7 Å². The molecule has 4 aromatic rings. The van der Waals surface area contributed by atoms with Crippen LogP contribution in [0.1, 0.15) is 38.9 Å². The van der Waals surface area contributed by atoms with Crippen LogP contribution in [0.2, 0.25) is 0 Å². The standard InChI is InChI=1S/C23H22N6O/c1-27-11-8-21(26-27)23(30)29-15-18-6-2-3-7-19(18)20(16-29)22-25-10-12-28(22)14-17-5-4-9-24-13-17/h2-13,20H,14-16H2,1H3. The first-order chi connectivity index (χ1) is 14.7. The van der Waals surface area contributed by atoms with Crippen LogP contribution >= 0.6 is 0 Å². The third-order valence-electron chi connectivity index (χ3n) is 5.55. The van der Waals surface area contributed by atoms with Gasteiger partial charge in [0.15, 0.2) is 0 Å². The molecule has 7 nitrogen and oxygen atoms in total. The van der Waals surface area contributed by atoms with Crippen LogP contribution in [-0.2, 0) is 20.1 Å². The van der Waals surface area contributed by atoms with Crippen molar-refractivity contribution in [3.63, 3.8) is 0 Å². The number of hydrogen-bond donors (Lipinski definition) is 0. The first-order valence-corrected chi connectivity index (χ1v) is 9.95. The molecule has 0 saturated carbocycles. The van der Waals surface area contributed by atoms with E-state index in [1.54, 1.807) is 23.1 Å². The molecule has 4 heterocycles. The number of amides is 1. The quantitative estimate of drug-likeness (QED) is 0.530. The third-order valence-corrected chi connectivity index (χ3v) is 5.55. The molecule has 0 N–H and O–H groups in total. The number of hydrogen-bond acceptors (Lipinski definition) is 4. The van der Waals surface area contributed by atoms with Crippen molar-refractivity contribution in [2.24, 2.45) is 7.05 Å². The van der Waals surface area contributed by atoms with Crippen LogP contribution in [0.4, 0.5) is 0 Å². The van der Waals surface area contributed by atoms with Gasteiger partial charge in [0.2, 0.25) is 0 Å². The number of aryl methyl sites for hydroxylation is 1. The normalized spacial score (nSPS) is 15.8. The van der Waals surface area contributed by atoms with E-state index < -0.39 is 0 Å². The summed E-state index contributed by atoms with van der Waals surface area (Å²) >= 11 is 0. The first-order valence-electron chi connectivity index (χ1n) is 9.95. The van der Waals surface area contributed by atoms with Gasteiger partial charge in [-0.3, -0.25) is 14.5 Å². The van der Waals surface area contributed by atoms with Crippen molar-refractivity contribution in [2.75, 3.05) is 6.54 Å². The minimum atomic E-state index is -0.0551. The second-order valence-electron chi connectivity index (χ2n) is 7.59. The Hall–Kier alpha value is -3.74. The molecule has 1 amide bonds. The van der Waals surface area contributed by atoms with E-state index in [1.165, 1.54) is 5.56 Å². The van der Waals surface area contributed by atoms with Crippen LogP contribution in [0.3, 0.4) is 0 Å². The van der Waals surface area contributed by atoms with Crippen molar-refractivity contribution < 1.29 is 4.79 Å². The maximum Gasteiger partial charge on any atom is 0.274 e. The predicted octanol–water partition coefficient (Wildman–Crippen LogP) is 2.85. The molecule has 0 saturated heterocycles. The fraction of sp³-hybridized carbons (Fsp3) is 0.217. The molecule has 0 spiro atoms. The predicted molar refractivity (Wildman–Crippen MR) is 112 cm³/mol. The molecular weight excluding hydrogens is 376 g/mol. The zero-order valence-electron chi connectivity index (χ0n) is 16.7. The topological polar surface area (TPSA) is 68.8 Å². The van der Waals surface area contributed by atoms with Gasteiger partial charge in [-0.15, -0.1) is 0 Å². The van der Waals surface area contributed by atoms with E-state index in [4.69, 9.17) is 4.98 Å². The van der Waals surface area contributed by atoms with Crippen LogP contribution in [-0.4, -0.2) is 41.7 Å². The fourth-order valence-electron chi connectivity index (χ4n) is 4.13. The van der Waals surface area contributed by atoms with Crippen molar-refractivity contribution in [1.82, 2.24) is 29.2 Å². The summed E-state index contributed by atoms with van der Waals surface area (Å²) in [5.41, 5.74) is 3.95. The van der Waals surface area contributed by atoms with Crippen molar-refractivity contribution in [3.8, 4) is 0 Å². The maximum atomic E-state index is 13.1. The van der Waals surface area contributed by atoms with Gasteiger partial charge in [-0.2, -0.15) is 5.10 Å². The first kappa shape index (κ1) is 18.3. The van der Waals surface area contributed by atoms with Crippen LogP contribution in [0.15, 0.2) is 73.4 Å². The lowest BCUT2D eigenvalue weighted by Gasteiger charge is -2.34. The minimum absolute atomic E-state index is 0.00529. The number of carbonyl (C=O) groups excluding carboxylic acids is 1. The molecule has 1 aromatic carbocycles. The van der Waals surface area contributed by atoms with Crippen molar-refractivity contribution >= 4 is 5.91 Å². The zero-order valence-corrected chi connectivity index (χ0v) is 16.7. The van der Waals surface area contributed by atoms with Gasteiger partial charge >= 0.3 is 0 Å². The summed E-state index contributed by atoms with van der Waals surface area (Å²) in [6, 6.07) is 14.1. The zero-order chi connectivity index (χ0) is 20.5. The van der Waals surface area contributed by atoms with E-state index in [2.05, 4.69) is 38.9 Å². The molecule has 5 rings (SSSR count). The van der Waals surface area contributed by atoms with Crippen molar-refractivity contribution in [3.05, 3.63) is 102 Å². The average Bonchev–Trinajstić information content (AvgIpc) is 3.42. The highest BCUT2D eigenvalue weighted by Crippen LogP contribution is 2.33. The number of nitrogens with zero attached hydrogens (tertiary/aromatic N) is 6. The summed E-state index contributed by atoms with van der Waals surface area (Å²) < 4.78 is 3.80. The van der Waals surface area contributed by atoms with Crippen molar-refractivity contribution in [2.45, 2.75) is 19.0 Å². The van der Waals surface area contributed by atoms with Crippen molar-refractivity contribution in [1.29, 1.82) is 0 Å². The Balaban J connectivity index is 1.50. The highest BCUT2D eigenvalue weighted by atomic mass is 16.2. The summed E-state index contributed by atoms with van der Waals surface area (Å²) in [6.07, 6.45) is 9.26. The Bertz CT molecular complexity index is 1180. The second-order valence-corrected chi connectivity index (χ2v) is 7.59. The van der Waals surface area contributed by atoms with Gasteiger partial charge in [0.25, 0.3) is 5.91 Å². The lowest BCUT2D eigenvalue weighted by Crippen LogP contribution is -2.39. The summed E-state index contributed by atoms with van der Waals surface area (Å²) in [6.45, 7) is 1.83. The smallest absolute Gasteiger partial charge is 0.274 e. The molecule has 1 aliphatic heterocycles. The van der Waals surface area contributed by atoms with Gasteiger partial charge in [-0.1, -0.05) is 30.3 Å². The van der Waals surface area contributed by atoms with E-state index >= 15 is 0 Å². The number of benzene rings is 1. The summed E-state index contributed by atoms with van der Waals surface area (Å²) in [7, 11) is 1.82. The average molecular weight is 398 g/mol. The Morgan fingerprint density at radius 3 is 2.80 bits per heavy atom. The molecular formula is C23H22N6O. The Labute approximate surface area is 174 Å². The summed E-state index contributed by atoms with van der Waals surface area (Å²) in [5.74, 6) is 0.888. The Kier molecular flexibility index (Phi) is 4.63. The highest BCUT2D eigenvalue weighted by Gasteiger charge is 2.32. The maximum absolute atomic E-state index is 13.1. The number of fused-ring (bicyclic) bond motifs is 1. The van der Waals surface area contributed by atoms with Gasteiger partial charge in [0.1, 0.15) is 11.5 Å². The van der Waals surface area contributed by atoms with E-state index in [0.29, 0.717) is 25.3 Å². The number of pyridine rings is 1. The van der Waals surface area contributed by atoms with Crippen LogP contribution in [0.25, 0.3) is 0 Å². The lowest BCUT2D eigenvalue weighted by molar-refractivity contribution is 0.0716. The van der Waals surface area contributed by atoms with Gasteiger partial charge in [0.05, 0.1) is 12.5 Å². The Morgan fingerprint density at radius 1 is 1.10 bits per heavy atom. The summed E-state index contributed by atoms with van der Waals surface area (Å²) in [4.78, 5) is 23.9. The molecule has 7 heteroatoms. The number of aromatic nitrogens is 5. The lowest BCUT2D eigenvalue weighted by atomic mass is 9.88. The molecule has 150 valence electrons. The van der Waals surface area contributed by atoms with Gasteiger partial charge in [-0.25, -0.2) is 4.98 Å². The Morgan fingerprint density at radius 2 is 2.00 bits per heavy atom. The number of rotatable bonds is 4. The monoisotopic (exact) mass is 398 g/mol. The fourth-order valence-corrected chi connectivity index (χ4v) is 4.13. The molecule has 0 radical (unpaired) electrons. The van der Waals surface area contributed by atoms with E-state index in [-0.39, 0.29) is 11.8 Å². The van der Waals surface area contributed by atoms with Gasteiger partial charge < -0.3 is 9.47 Å². The molecule has 30 heavy (non-hydrogen) atoms. The number of carbonyl (C=O) groups is 1. The molecule has 1 aliphatic rings. The van der Waals surface area contributed by atoms with Crippen LogP contribution in [0, 0.1) is 0 Å². The SMILES string of the molecule is Cn1ccc(C(=O)N2Cc3ccccc3C(c3nccn3Cc3cccnc3)C2)n1. The van der Waals surface area contributed by atoms with E-state index in [9.17, 15) is 4.79 Å². The molecule has 3 aromatic heterocycles. The van der Waals surface area contributed by atoms with E-state index in [0.717, 1.165) is 17.0 Å².